The number of aryl methyl sites for hydroxylation is 2. The number of hydrogen-bond acceptors (Lipinski definition) is 6. The van der Waals surface area contributed by atoms with Gasteiger partial charge in [0, 0.05) is 43.3 Å². The Labute approximate surface area is 188 Å². The summed E-state index contributed by atoms with van der Waals surface area (Å²) in [7, 11) is 1.98. The Hall–Kier alpha value is -3.19. The first-order valence-corrected chi connectivity index (χ1v) is 11.1. The highest BCUT2D eigenvalue weighted by atomic mass is 16.3. The van der Waals surface area contributed by atoms with Crippen LogP contribution in [0, 0.1) is 6.92 Å². The molecule has 0 radical (unpaired) electrons. The van der Waals surface area contributed by atoms with Crippen molar-refractivity contribution < 1.29 is 5.11 Å². The Morgan fingerprint density at radius 3 is 2.53 bits per heavy atom. The van der Waals surface area contributed by atoms with Gasteiger partial charge in [0.1, 0.15) is 17.4 Å². The summed E-state index contributed by atoms with van der Waals surface area (Å²) in [5.74, 6) is 2.07. The number of hydrogen-bond donors (Lipinski definition) is 2. The Bertz CT molecular complexity index is 1320. The number of nitrogens with one attached hydrogen (secondary N) is 1. The first-order chi connectivity index (χ1) is 15.2. The summed E-state index contributed by atoms with van der Waals surface area (Å²) in [4.78, 5) is 16.5. The quantitative estimate of drug-likeness (QED) is 0.508. The van der Waals surface area contributed by atoms with E-state index in [2.05, 4.69) is 36.0 Å². The minimum atomic E-state index is 0.112. The average molecular weight is 431 g/mol. The van der Waals surface area contributed by atoms with Crippen molar-refractivity contribution in [3.8, 4) is 17.0 Å². The molecule has 0 amide bonds. The molecule has 0 spiro atoms. The summed E-state index contributed by atoms with van der Waals surface area (Å²) < 4.78 is 2.02. The number of aromatic hydroxyl groups is 1. The van der Waals surface area contributed by atoms with Gasteiger partial charge in [-0.1, -0.05) is 0 Å². The van der Waals surface area contributed by atoms with E-state index >= 15 is 0 Å². The van der Waals surface area contributed by atoms with Gasteiger partial charge in [-0.3, -0.25) is 0 Å². The molecule has 0 aliphatic carbocycles. The fraction of sp³-hybridized carbons (Fsp3) is 0.400. The Morgan fingerprint density at radius 1 is 1.00 bits per heavy atom. The van der Waals surface area contributed by atoms with Crippen LogP contribution < -0.4 is 10.2 Å². The number of phenols is 1. The van der Waals surface area contributed by atoms with Crippen LogP contribution in [0.5, 0.6) is 5.75 Å². The predicted molar refractivity (Wildman–Crippen MR) is 129 cm³/mol. The maximum atomic E-state index is 10.6. The van der Waals surface area contributed by atoms with E-state index in [0.717, 1.165) is 58.9 Å². The van der Waals surface area contributed by atoms with Crippen molar-refractivity contribution in [2.75, 3.05) is 18.0 Å². The Morgan fingerprint density at radius 2 is 1.75 bits per heavy atom. The van der Waals surface area contributed by atoms with Gasteiger partial charge in [0.05, 0.1) is 27.8 Å². The standard InChI is InChI=1S/C25H30N6O/c1-15-26-21-13-23(32)17(12-22(21)30(15)5)18-6-7-20-19(27-18)8-9-24(28-20)31-11-10-16(14-31)29-25(2,3)4/h6-9,12-13,16,29,32H,10-11,14H2,1-5H3. The maximum Gasteiger partial charge on any atom is 0.129 e. The van der Waals surface area contributed by atoms with Gasteiger partial charge in [0.15, 0.2) is 0 Å². The molecule has 1 atom stereocenters. The summed E-state index contributed by atoms with van der Waals surface area (Å²) in [5, 5.41) is 14.3. The normalized spacial score (nSPS) is 17.0. The molecular formula is C25H30N6O. The zero-order valence-electron chi connectivity index (χ0n) is 19.3. The number of imidazole rings is 1. The molecule has 4 aromatic rings. The van der Waals surface area contributed by atoms with Gasteiger partial charge in [-0.2, -0.15) is 0 Å². The fourth-order valence-electron chi connectivity index (χ4n) is 4.58. The van der Waals surface area contributed by atoms with Crippen molar-refractivity contribution in [1.29, 1.82) is 0 Å². The molecule has 1 unspecified atom stereocenters. The lowest BCUT2D eigenvalue weighted by atomic mass is 10.1. The molecule has 2 N–H and O–H groups in total. The highest BCUT2D eigenvalue weighted by Crippen LogP contribution is 2.33. The number of nitrogens with zero attached hydrogens (tertiary/aromatic N) is 5. The SMILES string of the molecule is Cc1nc2cc(O)c(-c3ccc4nc(N5CCC(NC(C)(C)C)C5)ccc4n3)cc2n1C. The highest BCUT2D eigenvalue weighted by Gasteiger charge is 2.26. The lowest BCUT2D eigenvalue weighted by Crippen LogP contribution is -2.44. The van der Waals surface area contributed by atoms with Gasteiger partial charge >= 0.3 is 0 Å². The van der Waals surface area contributed by atoms with Gasteiger partial charge in [0.2, 0.25) is 0 Å². The monoisotopic (exact) mass is 430 g/mol. The summed E-state index contributed by atoms with van der Waals surface area (Å²) >= 11 is 0. The molecule has 1 aliphatic heterocycles. The fourth-order valence-corrected chi connectivity index (χ4v) is 4.58. The van der Waals surface area contributed by atoms with Crippen molar-refractivity contribution in [1.82, 2.24) is 24.8 Å². The van der Waals surface area contributed by atoms with Crippen molar-refractivity contribution in [2.45, 2.75) is 45.7 Å². The third-order valence-corrected chi connectivity index (χ3v) is 6.17. The van der Waals surface area contributed by atoms with Crippen LogP contribution >= 0.6 is 0 Å². The molecule has 1 aromatic carbocycles. The van der Waals surface area contributed by atoms with E-state index < -0.39 is 0 Å². The van der Waals surface area contributed by atoms with Crippen LogP contribution in [0.1, 0.15) is 33.0 Å². The van der Waals surface area contributed by atoms with Gasteiger partial charge in [0.25, 0.3) is 0 Å². The maximum absolute atomic E-state index is 10.6. The van der Waals surface area contributed by atoms with Crippen LogP contribution in [-0.2, 0) is 7.05 Å². The number of pyridine rings is 2. The first kappa shape index (κ1) is 20.7. The summed E-state index contributed by atoms with van der Waals surface area (Å²) in [6.45, 7) is 10.5. The molecule has 32 heavy (non-hydrogen) atoms. The number of fused-ring (bicyclic) bond motifs is 2. The third kappa shape index (κ3) is 3.77. The molecule has 1 saturated heterocycles. The van der Waals surface area contributed by atoms with E-state index in [9.17, 15) is 5.11 Å². The van der Waals surface area contributed by atoms with E-state index in [4.69, 9.17) is 9.97 Å². The van der Waals surface area contributed by atoms with E-state index in [1.54, 1.807) is 6.07 Å². The van der Waals surface area contributed by atoms with Crippen molar-refractivity contribution >= 4 is 27.9 Å². The summed E-state index contributed by atoms with van der Waals surface area (Å²) in [6.07, 6.45) is 1.11. The smallest absolute Gasteiger partial charge is 0.129 e. The van der Waals surface area contributed by atoms with Gasteiger partial charge < -0.3 is 19.9 Å². The van der Waals surface area contributed by atoms with E-state index in [1.165, 1.54) is 0 Å². The van der Waals surface area contributed by atoms with Crippen LogP contribution in [0.3, 0.4) is 0 Å². The molecule has 1 aliphatic rings. The number of benzene rings is 1. The predicted octanol–water partition coefficient (Wildman–Crippen LogP) is 4.16. The van der Waals surface area contributed by atoms with Gasteiger partial charge in [-0.25, -0.2) is 15.0 Å². The van der Waals surface area contributed by atoms with Crippen LogP contribution in [0.2, 0.25) is 0 Å². The second-order valence-electron chi connectivity index (χ2n) is 9.81. The number of anilines is 1. The minimum absolute atomic E-state index is 0.112. The molecule has 4 heterocycles. The summed E-state index contributed by atoms with van der Waals surface area (Å²) in [6, 6.07) is 12.1. The molecule has 0 saturated carbocycles. The Kier molecular flexibility index (Phi) is 4.82. The van der Waals surface area contributed by atoms with Crippen molar-refractivity contribution in [3.63, 3.8) is 0 Å². The molecule has 7 heteroatoms. The van der Waals surface area contributed by atoms with Crippen molar-refractivity contribution in [2.24, 2.45) is 7.05 Å². The molecule has 166 valence electrons. The van der Waals surface area contributed by atoms with Crippen LogP contribution in [0.25, 0.3) is 33.3 Å². The Balaban J connectivity index is 1.44. The zero-order chi connectivity index (χ0) is 22.6. The lowest BCUT2D eigenvalue weighted by Gasteiger charge is -2.26. The van der Waals surface area contributed by atoms with E-state index in [0.29, 0.717) is 11.6 Å². The molecule has 1 fully saturated rings. The van der Waals surface area contributed by atoms with Crippen LogP contribution in [0.4, 0.5) is 5.82 Å². The van der Waals surface area contributed by atoms with Crippen molar-refractivity contribution in [3.05, 3.63) is 42.2 Å². The van der Waals surface area contributed by atoms with Gasteiger partial charge in [-0.05, 0) is 64.4 Å². The molecule has 3 aromatic heterocycles. The third-order valence-electron chi connectivity index (χ3n) is 6.17. The second kappa shape index (κ2) is 7.45. The average Bonchev–Trinajstić information content (AvgIpc) is 3.29. The number of rotatable bonds is 3. The lowest BCUT2D eigenvalue weighted by molar-refractivity contribution is 0.373. The molecular weight excluding hydrogens is 400 g/mol. The largest absolute Gasteiger partial charge is 0.507 e. The molecule has 7 nitrogen and oxygen atoms in total. The topological polar surface area (TPSA) is 79.1 Å². The minimum Gasteiger partial charge on any atom is -0.507 e. The van der Waals surface area contributed by atoms with Crippen LogP contribution in [0.15, 0.2) is 36.4 Å². The molecule has 5 rings (SSSR count). The highest BCUT2D eigenvalue weighted by molar-refractivity contribution is 5.87. The number of aromatic nitrogens is 4. The molecule has 0 bridgehead atoms. The van der Waals surface area contributed by atoms with Crippen LogP contribution in [-0.4, -0.2) is 49.3 Å². The number of phenolic OH excluding ortho intramolecular Hbond substituents is 1. The van der Waals surface area contributed by atoms with Gasteiger partial charge in [-0.15, -0.1) is 0 Å². The summed E-state index contributed by atoms with van der Waals surface area (Å²) in [5.41, 5.74) is 4.95. The zero-order valence-corrected chi connectivity index (χ0v) is 19.3. The second-order valence-corrected chi connectivity index (χ2v) is 9.81. The van der Waals surface area contributed by atoms with E-state index in [-0.39, 0.29) is 11.3 Å². The van der Waals surface area contributed by atoms with E-state index in [1.807, 2.05) is 48.9 Å². The first-order valence-electron chi connectivity index (χ1n) is 11.1.